The van der Waals surface area contributed by atoms with Gasteiger partial charge in [-0.1, -0.05) is 96.1 Å². The van der Waals surface area contributed by atoms with E-state index in [0.717, 1.165) is 60.9 Å². The number of non-ortho nitro benzene ring substituents is 2. The van der Waals surface area contributed by atoms with Crippen LogP contribution in [0.5, 0.6) is 0 Å². The maximum atomic E-state index is 12.7. The topological polar surface area (TPSA) is 478 Å². The summed E-state index contributed by atoms with van der Waals surface area (Å²) in [5.41, 5.74) is 16.9. The minimum atomic E-state index is -0.826. The molecular formula is C98H124Cl2N16O22Sn. The average molecular weight is 2070 g/mol. The van der Waals surface area contributed by atoms with Gasteiger partial charge in [0.2, 0.25) is 12.3 Å². The number of nitrogens with two attached hydrogens (primary N) is 2. The molecule has 6 N–H and O–H groups in total. The van der Waals surface area contributed by atoms with Crippen LogP contribution in [-0.4, -0.2) is 263 Å². The molecule has 4 aromatic heterocycles. The van der Waals surface area contributed by atoms with Crippen molar-refractivity contribution >= 4 is 144 Å². The third-order valence-electron chi connectivity index (χ3n) is 19.9. The van der Waals surface area contributed by atoms with E-state index in [4.69, 9.17) is 43.9 Å². The van der Waals surface area contributed by atoms with Crippen LogP contribution in [0.1, 0.15) is 66.9 Å². The number of anilines is 2. The van der Waals surface area contributed by atoms with Crippen LogP contribution in [0.15, 0.2) is 237 Å². The number of fused-ring (bicyclic) bond motifs is 4. The molecule has 0 unspecified atom stereocenters. The number of hydrogen-bond acceptors (Lipinski definition) is 29. The Kier molecular flexibility index (Phi) is 54.3. The molecule has 12 rings (SSSR count). The average Bonchev–Trinajstić information content (AvgIpc) is 0.798. The fourth-order valence-electron chi connectivity index (χ4n) is 12.5. The molecule has 0 fully saturated rings. The summed E-state index contributed by atoms with van der Waals surface area (Å²) in [6.07, 6.45) is 11.2. The number of nitrogen functional groups attached to an aromatic ring is 1. The predicted molar refractivity (Wildman–Crippen MR) is 549 cm³/mol. The zero-order valence-electron chi connectivity index (χ0n) is 81.6. The van der Waals surface area contributed by atoms with E-state index >= 15 is 0 Å². The van der Waals surface area contributed by atoms with Crippen molar-refractivity contribution in [2.24, 2.45) is 5.73 Å². The Morgan fingerprint density at radius 3 is 1.25 bits per heavy atom. The fourth-order valence-corrected chi connectivity index (χ4v) is 12.5. The number of rotatable bonds is 29. The first-order valence-corrected chi connectivity index (χ1v) is 50.1. The standard InChI is InChI=1S/C23H27N3O2.C13H15N3O3.C13H17N3O.C12H14N2O4.C10H12O2.C9H5NO4.C9H9NO4.C5H13NO2.C4H12N2.2ClH.Sn/c1-17-7-9-18(10-8-17)11-12-22(27)24-21-6-4-5-20-19(21)13-14-26(23(20)28)16-15-25(2)3;1-14(2)8-9-15-7-6-10-11(13(15)17)4-3-5-12(10)16(18)19;1-15(2)8-9-16-7-6-10-11(13(16)17)4-3-5-12(10)14;1-13(2)8-7-9-10(12(15)18-3)5-4-6-11(9)14(16)17;1-8-2-4-9(5-3-8)6-7-10(11)12;11-9-7-2-1-3-8(10(12)13)6(7)4-5-14-9;1-6-7(9(11)14-2)4-3-5-8(6)10(12)13;1-6(2)5(7-3)8-4;1-6(2)4-3-5;;;/h4-10,13-14H,11-12,15-16H2,1-3H3,(H,24,27);3-7H,8-9H2,1-2H3;3-7H,8-9,14H2,1-2H3;4-8H,1-3H3;2-5H,6-7H2,1H3,(H,11,12);1-5H;3-5H,1-2H3;5H,1-4H3;3-5H2,1-2H3;2*1H;/q;;;;;;;;;;;+2/p-2/b;;;8-7+;;;;;;;;. The van der Waals surface area contributed by atoms with E-state index in [-0.39, 0.29) is 80.2 Å². The molecule has 0 spiro atoms. The molecule has 38 nitrogen and oxygen atoms in total. The molecule has 0 aliphatic carbocycles. The number of carboxylic acid groups (broad SMARTS) is 1. The first kappa shape index (κ1) is 120. The van der Waals surface area contributed by atoms with E-state index in [2.05, 4.69) is 53.3 Å². The molecule has 2 radical (unpaired) electrons. The summed E-state index contributed by atoms with van der Waals surface area (Å²) in [5, 5.41) is 58.6. The molecule has 4 heterocycles. The second kappa shape index (κ2) is 63.1. The van der Waals surface area contributed by atoms with Crippen molar-refractivity contribution in [3.8, 4) is 0 Å². The summed E-state index contributed by atoms with van der Waals surface area (Å²) in [5.74, 6) is -1.95. The fraction of sp³-hybridized carbons (Fsp3) is 0.327. The summed E-state index contributed by atoms with van der Waals surface area (Å²) in [6.45, 7) is 11.6. The molecule has 0 saturated heterocycles. The van der Waals surface area contributed by atoms with Gasteiger partial charge in [0.1, 0.15) is 0 Å². The van der Waals surface area contributed by atoms with Crippen LogP contribution in [0.3, 0.4) is 0 Å². The molecule has 0 aliphatic heterocycles. The number of nitrogens with zero attached hydrogens (tertiary/aromatic N) is 13. The SMILES string of the molecule is CN(C)CCN.CN(C)CCn1ccc2c(N)cccc2c1=O.CN(C)CCn1ccc2c([N+](=O)[O-])cccc2c1=O.COC(=O)c1cccc([N+](=O)[O-])c1/C=C/N(C)C.COC(=O)c1cccc([N+](=O)[O-])c1C.COC(OC)N(C)C.Cc1ccc(CCC(=O)Nc2cccc3c(=O)n(CCN(C)C)ccc23)cc1.Cc1ccc(CCC(=O)O)cc1.O=c1occc2c([N+](=O)[O-])cccc12.[Cl][Sn][Cl]. The quantitative estimate of drug-likeness (QED) is 0.00844. The van der Waals surface area contributed by atoms with Gasteiger partial charge in [0, 0.05) is 175 Å². The number of nitro groups is 4. The molecule has 0 aliphatic rings. The molecule has 0 atom stereocenters. The number of ether oxygens (including phenoxy) is 4. The van der Waals surface area contributed by atoms with Crippen LogP contribution in [0.25, 0.3) is 49.2 Å². The van der Waals surface area contributed by atoms with Crippen molar-refractivity contribution in [2.75, 3.05) is 157 Å². The Morgan fingerprint density at radius 1 is 0.475 bits per heavy atom. The van der Waals surface area contributed by atoms with Crippen molar-refractivity contribution in [1.29, 1.82) is 0 Å². The summed E-state index contributed by atoms with van der Waals surface area (Å²) in [7, 11) is 38.7. The first-order chi connectivity index (χ1) is 65.9. The third kappa shape index (κ3) is 41.4. The predicted octanol–water partition coefficient (Wildman–Crippen LogP) is 14.0. The number of carbonyl (C=O) groups is 4. The van der Waals surface area contributed by atoms with Crippen molar-refractivity contribution < 1.29 is 67.3 Å². The number of nitro benzene ring substituents is 4. The van der Waals surface area contributed by atoms with Gasteiger partial charge in [-0.3, -0.25) is 69.3 Å². The Bertz CT molecular complexity index is 6290. The van der Waals surface area contributed by atoms with E-state index in [0.29, 0.717) is 82.8 Å². The molecule has 41 heteroatoms. The van der Waals surface area contributed by atoms with Gasteiger partial charge in [-0.05, 0) is 200 Å². The number of aromatic nitrogens is 3. The van der Waals surface area contributed by atoms with Gasteiger partial charge in [0.05, 0.1) is 78.4 Å². The number of hydrogen-bond donors (Lipinski definition) is 4. The van der Waals surface area contributed by atoms with Crippen molar-refractivity contribution in [3.05, 3.63) is 339 Å². The molecule has 12 aromatic rings. The number of esters is 2. The maximum absolute atomic E-state index is 12.7. The number of nitrogens with one attached hydrogen (secondary N) is 1. The van der Waals surface area contributed by atoms with Gasteiger partial charge in [-0.15, -0.1) is 0 Å². The Balaban J connectivity index is 0.000000411. The summed E-state index contributed by atoms with van der Waals surface area (Å²) >= 11 is -0.826. The zero-order valence-corrected chi connectivity index (χ0v) is 86.0. The van der Waals surface area contributed by atoms with Gasteiger partial charge in [-0.25, -0.2) is 14.4 Å². The van der Waals surface area contributed by atoms with Gasteiger partial charge in [0.25, 0.3) is 39.4 Å². The summed E-state index contributed by atoms with van der Waals surface area (Å²) in [6, 6.07) is 51.4. The van der Waals surface area contributed by atoms with Crippen LogP contribution < -0.4 is 39.1 Å². The number of amides is 1. The van der Waals surface area contributed by atoms with E-state index in [1.54, 1.807) is 77.6 Å². The van der Waals surface area contributed by atoms with E-state index < -0.39 is 62.1 Å². The monoisotopic (exact) mass is 2070 g/mol. The van der Waals surface area contributed by atoms with Crippen LogP contribution >= 0.6 is 17.8 Å². The second-order valence-electron chi connectivity index (χ2n) is 31.9. The number of halogens is 2. The van der Waals surface area contributed by atoms with Crippen LogP contribution in [0, 0.1) is 61.2 Å². The number of methoxy groups -OCH3 is 4. The van der Waals surface area contributed by atoms with Gasteiger partial charge < -0.3 is 83.5 Å². The molecule has 8 aromatic carbocycles. The second-order valence-corrected chi connectivity index (χ2v) is 36.2. The molecule has 0 bridgehead atoms. The third-order valence-corrected chi connectivity index (χ3v) is 19.9. The summed E-state index contributed by atoms with van der Waals surface area (Å²) in [4.78, 5) is 146. The van der Waals surface area contributed by atoms with Crippen molar-refractivity contribution in [1.82, 2.24) is 43.1 Å². The first-order valence-electron chi connectivity index (χ1n) is 42.9. The van der Waals surface area contributed by atoms with Gasteiger partial charge in [-0.2, -0.15) is 0 Å². The minimum absolute atomic E-state index is 0.0247. The molecular weight excluding hydrogens is 1940 g/mol. The Hall–Kier alpha value is -13.5. The van der Waals surface area contributed by atoms with E-state index in [9.17, 15) is 78.8 Å². The normalized spacial score (nSPS) is 10.5. The number of likely N-dealkylation sites (N-methyl/N-ethyl adjacent to an activating group) is 4. The Morgan fingerprint density at radius 2 is 0.849 bits per heavy atom. The number of aliphatic carboxylic acids is 1. The molecule has 0 saturated carbocycles. The van der Waals surface area contributed by atoms with Crippen LogP contribution in [-0.2, 0) is 61.0 Å². The van der Waals surface area contributed by atoms with Gasteiger partial charge in [0.15, 0.2) is 0 Å². The Labute approximate surface area is 823 Å². The zero-order chi connectivity index (χ0) is 104. The molecule has 746 valence electrons. The van der Waals surface area contributed by atoms with E-state index in [1.807, 2.05) is 178 Å². The molecule has 139 heavy (non-hydrogen) atoms. The number of benzene rings is 8. The van der Waals surface area contributed by atoms with Crippen molar-refractivity contribution in [3.63, 3.8) is 0 Å². The number of carbonyl (C=O) groups excluding carboxylic acids is 3. The van der Waals surface area contributed by atoms with Gasteiger partial charge >= 0.3 is 60.3 Å². The number of pyridine rings is 3. The number of aryl methyl sites for hydroxylation is 4. The van der Waals surface area contributed by atoms with Crippen LogP contribution in [0.2, 0.25) is 0 Å². The van der Waals surface area contributed by atoms with Crippen molar-refractivity contribution in [2.45, 2.75) is 72.5 Å². The summed E-state index contributed by atoms with van der Waals surface area (Å²) < 4.78 is 28.4. The van der Waals surface area contributed by atoms with E-state index in [1.165, 1.54) is 111 Å². The molecule has 1 amide bonds. The number of carboxylic acids is 1. The van der Waals surface area contributed by atoms with Crippen LogP contribution in [0.4, 0.5) is 34.1 Å².